The maximum Gasteiger partial charge on any atom is 0.326 e. The molecule has 0 fully saturated rings. The first-order chi connectivity index (χ1) is 11.5. The first kappa shape index (κ1) is 18.3. The fourth-order valence-electron chi connectivity index (χ4n) is 2.30. The van der Waals surface area contributed by atoms with Crippen molar-refractivity contribution in [2.45, 2.75) is 25.3 Å². The number of hydrogen-bond donors (Lipinski definition) is 2. The van der Waals surface area contributed by atoms with E-state index in [1.165, 1.54) is 0 Å². The summed E-state index contributed by atoms with van der Waals surface area (Å²) in [6.45, 7) is 0. The molecule has 1 atom stereocenters. The quantitative estimate of drug-likeness (QED) is 0.785. The van der Waals surface area contributed by atoms with E-state index in [0.29, 0.717) is 22.0 Å². The minimum absolute atomic E-state index is 0.0327. The number of benzene rings is 2. The van der Waals surface area contributed by atoms with Crippen molar-refractivity contribution in [1.82, 2.24) is 5.32 Å². The maximum absolute atomic E-state index is 12.1. The Morgan fingerprint density at radius 3 is 2.21 bits per heavy atom. The average Bonchev–Trinajstić information content (AvgIpc) is 2.56. The smallest absolute Gasteiger partial charge is 0.326 e. The number of amides is 1. The van der Waals surface area contributed by atoms with E-state index in [0.717, 1.165) is 5.56 Å². The van der Waals surface area contributed by atoms with Gasteiger partial charge >= 0.3 is 5.97 Å². The Kier molecular flexibility index (Phi) is 6.64. The zero-order valence-electron chi connectivity index (χ0n) is 12.8. The van der Waals surface area contributed by atoms with E-state index in [-0.39, 0.29) is 18.7 Å². The number of aliphatic carboxylic acids is 1. The first-order valence-electron chi connectivity index (χ1n) is 7.46. The molecule has 126 valence electrons. The minimum Gasteiger partial charge on any atom is -0.480 e. The minimum atomic E-state index is -1.13. The molecule has 0 aromatic heterocycles. The highest BCUT2D eigenvalue weighted by Crippen LogP contribution is 2.25. The number of aryl methyl sites for hydroxylation is 1. The van der Waals surface area contributed by atoms with E-state index in [2.05, 4.69) is 5.32 Å². The topological polar surface area (TPSA) is 66.4 Å². The van der Waals surface area contributed by atoms with Gasteiger partial charge in [-0.2, -0.15) is 0 Å². The first-order valence-corrected chi connectivity index (χ1v) is 8.22. The zero-order valence-corrected chi connectivity index (χ0v) is 14.3. The molecule has 0 unspecified atom stereocenters. The van der Waals surface area contributed by atoms with Crippen molar-refractivity contribution in [2.24, 2.45) is 0 Å². The van der Waals surface area contributed by atoms with Gasteiger partial charge in [-0.25, -0.2) is 4.79 Å². The van der Waals surface area contributed by atoms with Crippen LogP contribution in [0.25, 0.3) is 0 Å². The third kappa shape index (κ3) is 5.25. The van der Waals surface area contributed by atoms with E-state index in [1.54, 1.807) is 18.2 Å². The highest BCUT2D eigenvalue weighted by Gasteiger charge is 2.22. The van der Waals surface area contributed by atoms with Crippen LogP contribution in [0.3, 0.4) is 0 Å². The van der Waals surface area contributed by atoms with Crippen molar-refractivity contribution >= 4 is 35.1 Å². The molecule has 0 saturated heterocycles. The van der Waals surface area contributed by atoms with Crippen molar-refractivity contribution in [3.8, 4) is 0 Å². The van der Waals surface area contributed by atoms with Crippen molar-refractivity contribution in [1.29, 1.82) is 0 Å². The van der Waals surface area contributed by atoms with E-state index >= 15 is 0 Å². The van der Waals surface area contributed by atoms with Crippen molar-refractivity contribution in [2.75, 3.05) is 0 Å². The molecule has 0 aliphatic rings. The fraction of sp³-hybridized carbons (Fsp3) is 0.222. The number of nitrogens with one attached hydrogen (secondary N) is 1. The van der Waals surface area contributed by atoms with Crippen LogP contribution < -0.4 is 5.32 Å². The summed E-state index contributed by atoms with van der Waals surface area (Å²) in [6, 6.07) is 13.4. The van der Waals surface area contributed by atoms with Crippen molar-refractivity contribution < 1.29 is 14.7 Å². The average molecular weight is 366 g/mol. The van der Waals surface area contributed by atoms with Gasteiger partial charge in [0.1, 0.15) is 6.04 Å². The third-order valence-electron chi connectivity index (χ3n) is 3.59. The number of rotatable bonds is 7. The highest BCUT2D eigenvalue weighted by molar-refractivity contribution is 6.36. The second kappa shape index (κ2) is 8.71. The summed E-state index contributed by atoms with van der Waals surface area (Å²) in [5.41, 5.74) is 1.53. The van der Waals surface area contributed by atoms with Crippen LogP contribution >= 0.6 is 23.2 Å². The molecule has 0 bridgehead atoms. The number of carbonyl (C=O) groups is 2. The second-order valence-corrected chi connectivity index (χ2v) is 6.16. The molecule has 2 aromatic rings. The van der Waals surface area contributed by atoms with Gasteiger partial charge in [-0.15, -0.1) is 0 Å². The molecule has 1 amide bonds. The molecule has 6 heteroatoms. The lowest BCUT2D eigenvalue weighted by Crippen LogP contribution is -2.42. The molecule has 24 heavy (non-hydrogen) atoms. The van der Waals surface area contributed by atoms with Crippen LogP contribution in [0.5, 0.6) is 0 Å². The van der Waals surface area contributed by atoms with Gasteiger partial charge in [0.05, 0.1) is 0 Å². The van der Waals surface area contributed by atoms with Gasteiger partial charge in [0.25, 0.3) is 0 Å². The molecule has 0 radical (unpaired) electrons. The molecule has 4 nitrogen and oxygen atoms in total. The predicted octanol–water partition coefficient (Wildman–Crippen LogP) is 3.74. The lowest BCUT2D eigenvalue weighted by molar-refractivity contribution is -0.141. The maximum atomic E-state index is 12.1. The number of hydrogen-bond acceptors (Lipinski definition) is 2. The van der Waals surface area contributed by atoms with E-state index in [9.17, 15) is 14.7 Å². The van der Waals surface area contributed by atoms with Gasteiger partial charge in [-0.1, -0.05) is 59.6 Å². The van der Waals surface area contributed by atoms with E-state index < -0.39 is 12.0 Å². The zero-order chi connectivity index (χ0) is 17.5. The Morgan fingerprint density at radius 1 is 1.00 bits per heavy atom. The van der Waals surface area contributed by atoms with Crippen LogP contribution in [0.2, 0.25) is 10.0 Å². The van der Waals surface area contributed by atoms with Crippen LogP contribution in [0.4, 0.5) is 0 Å². The summed E-state index contributed by atoms with van der Waals surface area (Å²) in [4.78, 5) is 23.5. The summed E-state index contributed by atoms with van der Waals surface area (Å²) in [5, 5.41) is 12.6. The number of carbonyl (C=O) groups excluding carboxylic acids is 1. The third-order valence-corrected chi connectivity index (χ3v) is 4.30. The van der Waals surface area contributed by atoms with Crippen LogP contribution in [-0.2, 0) is 22.4 Å². The molecule has 2 N–H and O–H groups in total. The SMILES string of the molecule is O=C(CCc1ccccc1)N[C@H](Cc1c(Cl)cccc1Cl)C(=O)O. The lowest BCUT2D eigenvalue weighted by atomic mass is 10.0. The Hall–Kier alpha value is -2.04. The number of carboxylic acids is 1. The highest BCUT2D eigenvalue weighted by atomic mass is 35.5. The number of halogens is 2. The molecule has 2 aromatic carbocycles. The second-order valence-electron chi connectivity index (χ2n) is 5.35. The van der Waals surface area contributed by atoms with Crippen molar-refractivity contribution in [3.63, 3.8) is 0 Å². The fourth-order valence-corrected chi connectivity index (χ4v) is 2.85. The van der Waals surface area contributed by atoms with Gasteiger partial charge < -0.3 is 10.4 Å². The predicted molar refractivity (Wildman–Crippen MR) is 94.5 cm³/mol. The van der Waals surface area contributed by atoms with Crippen LogP contribution in [0.15, 0.2) is 48.5 Å². The molecular formula is C18H17Cl2NO3. The molecule has 0 spiro atoms. The van der Waals surface area contributed by atoms with Gasteiger partial charge in [0, 0.05) is 22.9 Å². The Labute approximate surface area is 150 Å². The lowest BCUT2D eigenvalue weighted by Gasteiger charge is -2.16. The Bertz CT molecular complexity index is 699. The normalized spacial score (nSPS) is 11.8. The van der Waals surface area contributed by atoms with E-state index in [1.807, 2.05) is 30.3 Å². The monoisotopic (exact) mass is 365 g/mol. The summed E-state index contributed by atoms with van der Waals surface area (Å²) >= 11 is 12.1. The van der Waals surface area contributed by atoms with Crippen molar-refractivity contribution in [3.05, 3.63) is 69.7 Å². The summed E-state index contributed by atoms with van der Waals surface area (Å²) in [5.74, 6) is -1.45. The molecule has 0 saturated carbocycles. The molecular weight excluding hydrogens is 349 g/mol. The van der Waals surface area contributed by atoms with Gasteiger partial charge in [-0.05, 0) is 29.7 Å². The number of carboxylic acid groups (broad SMARTS) is 1. The van der Waals surface area contributed by atoms with Gasteiger partial charge in [-0.3, -0.25) is 4.79 Å². The Morgan fingerprint density at radius 2 is 1.62 bits per heavy atom. The Balaban J connectivity index is 1.98. The van der Waals surface area contributed by atoms with Crippen LogP contribution in [-0.4, -0.2) is 23.0 Å². The largest absolute Gasteiger partial charge is 0.480 e. The van der Waals surface area contributed by atoms with Crippen LogP contribution in [0.1, 0.15) is 17.5 Å². The molecule has 0 aliphatic heterocycles. The molecule has 2 rings (SSSR count). The molecule has 0 heterocycles. The summed E-state index contributed by atoms with van der Waals surface area (Å²) in [6.07, 6.45) is 0.792. The summed E-state index contributed by atoms with van der Waals surface area (Å²) < 4.78 is 0. The summed E-state index contributed by atoms with van der Waals surface area (Å²) in [7, 11) is 0. The van der Waals surface area contributed by atoms with Crippen LogP contribution in [0, 0.1) is 0 Å². The van der Waals surface area contributed by atoms with Gasteiger partial charge in [0.2, 0.25) is 5.91 Å². The standard InChI is InChI=1S/C18H17Cl2NO3/c19-14-7-4-8-15(20)13(14)11-16(18(23)24)21-17(22)10-9-12-5-2-1-3-6-12/h1-8,16H,9-11H2,(H,21,22)(H,23,24)/t16-/m1/s1. The van der Waals surface area contributed by atoms with E-state index in [4.69, 9.17) is 23.2 Å². The molecule has 0 aliphatic carbocycles. The van der Waals surface area contributed by atoms with Gasteiger partial charge in [0.15, 0.2) is 0 Å².